The predicted molar refractivity (Wildman–Crippen MR) is 69.0 cm³/mol. The lowest BCUT2D eigenvalue weighted by Crippen LogP contribution is -2.21. The van der Waals surface area contributed by atoms with Crippen molar-refractivity contribution in [2.45, 2.75) is 19.0 Å². The molecule has 0 radical (unpaired) electrons. The fraction of sp³-hybridized carbons (Fsp3) is 0.308. The van der Waals surface area contributed by atoms with Crippen molar-refractivity contribution in [3.63, 3.8) is 0 Å². The highest BCUT2D eigenvalue weighted by atomic mass is 19.4. The van der Waals surface area contributed by atoms with E-state index in [2.05, 4.69) is 0 Å². The summed E-state index contributed by atoms with van der Waals surface area (Å²) in [5, 5.41) is 17.4. The van der Waals surface area contributed by atoms with E-state index >= 15 is 0 Å². The zero-order chi connectivity index (χ0) is 16.2. The number of hydrogen-bond acceptors (Lipinski definition) is 4. The third-order valence-corrected chi connectivity index (χ3v) is 2.60. The number of nitrogens with two attached hydrogens (primary N) is 1. The Morgan fingerprint density at radius 2 is 1.95 bits per heavy atom. The molecule has 1 heterocycles. The average Bonchev–Trinajstić information content (AvgIpc) is 2.80. The Bertz CT molecular complexity index is 621. The molecule has 0 aliphatic heterocycles. The van der Waals surface area contributed by atoms with Crippen molar-refractivity contribution in [1.82, 2.24) is 0 Å². The van der Waals surface area contributed by atoms with Gasteiger partial charge in [-0.05, 0) is 18.2 Å². The van der Waals surface area contributed by atoms with E-state index in [0.29, 0.717) is 12.1 Å². The molecule has 0 amide bonds. The first-order valence-corrected chi connectivity index (χ1v) is 5.87. The number of carbonyl (C=O) groups is 1. The lowest BCUT2D eigenvalue weighted by atomic mass is 10.1. The summed E-state index contributed by atoms with van der Waals surface area (Å²) in [7, 11) is 0. The number of rotatable bonds is 2. The molecule has 4 N–H and O–H groups in total. The fourth-order valence-corrected chi connectivity index (χ4v) is 1.40. The van der Waals surface area contributed by atoms with E-state index in [1.807, 2.05) is 19.1 Å². The first-order valence-electron chi connectivity index (χ1n) is 5.87. The highest BCUT2D eigenvalue weighted by molar-refractivity contribution is 5.79. The Balaban J connectivity index is 0.000000270. The summed E-state index contributed by atoms with van der Waals surface area (Å²) in [6.45, 7) is 2.57. The van der Waals surface area contributed by atoms with Gasteiger partial charge in [-0.1, -0.05) is 6.92 Å². The number of hydrogen-bond donors (Lipinski definition) is 3. The molecule has 0 aliphatic rings. The molecule has 2 rings (SSSR count). The van der Waals surface area contributed by atoms with Gasteiger partial charge in [0.1, 0.15) is 17.1 Å². The number of furan rings is 1. The summed E-state index contributed by atoms with van der Waals surface area (Å²) in [6, 6.07) is 7.06. The second-order valence-electron chi connectivity index (χ2n) is 4.31. The molecule has 0 saturated carbocycles. The van der Waals surface area contributed by atoms with E-state index in [1.54, 1.807) is 12.1 Å². The number of carboxylic acids is 1. The lowest BCUT2D eigenvalue weighted by Gasteiger charge is -2.01. The van der Waals surface area contributed by atoms with E-state index in [1.165, 1.54) is 0 Å². The van der Waals surface area contributed by atoms with Crippen LogP contribution >= 0.6 is 0 Å². The minimum absolute atomic E-state index is 0.213. The van der Waals surface area contributed by atoms with Crippen LogP contribution in [0.1, 0.15) is 18.6 Å². The van der Waals surface area contributed by atoms with Crippen molar-refractivity contribution in [1.29, 1.82) is 0 Å². The van der Waals surface area contributed by atoms with Crippen LogP contribution in [0.5, 0.6) is 5.75 Å². The molecule has 1 aromatic carbocycles. The second kappa shape index (κ2) is 6.49. The highest BCUT2D eigenvalue weighted by Crippen LogP contribution is 2.27. The Kier molecular flexibility index (Phi) is 5.20. The first-order chi connectivity index (χ1) is 9.65. The molecular weight excluding hydrogens is 291 g/mol. The van der Waals surface area contributed by atoms with Crippen LogP contribution in [0.3, 0.4) is 0 Å². The maximum absolute atomic E-state index is 10.6. The summed E-state index contributed by atoms with van der Waals surface area (Å²) >= 11 is 0. The molecule has 1 unspecified atom stereocenters. The van der Waals surface area contributed by atoms with Crippen LogP contribution < -0.4 is 5.73 Å². The van der Waals surface area contributed by atoms with Gasteiger partial charge in [-0.25, -0.2) is 4.79 Å². The van der Waals surface area contributed by atoms with Crippen molar-refractivity contribution in [3.8, 4) is 5.75 Å². The molecule has 2 aromatic rings. The minimum atomic E-state index is -5.08. The predicted octanol–water partition coefficient (Wildman–Crippen LogP) is 2.83. The van der Waals surface area contributed by atoms with Crippen LogP contribution in [0.2, 0.25) is 0 Å². The number of phenolic OH excluding ortho intramolecular Hbond substituents is 1. The number of aromatic hydroxyl groups is 1. The maximum Gasteiger partial charge on any atom is 0.490 e. The van der Waals surface area contributed by atoms with Gasteiger partial charge >= 0.3 is 12.1 Å². The van der Waals surface area contributed by atoms with Gasteiger partial charge in [0.05, 0.1) is 0 Å². The van der Waals surface area contributed by atoms with Gasteiger partial charge in [0.2, 0.25) is 0 Å². The van der Waals surface area contributed by atoms with Crippen LogP contribution in [0.25, 0.3) is 11.0 Å². The zero-order valence-electron chi connectivity index (χ0n) is 11.0. The Hall–Kier alpha value is -2.22. The topological polar surface area (TPSA) is 96.7 Å². The Labute approximate surface area is 117 Å². The highest BCUT2D eigenvalue weighted by Gasteiger charge is 2.38. The quantitative estimate of drug-likeness (QED) is 0.792. The molecule has 5 nitrogen and oxygen atoms in total. The van der Waals surface area contributed by atoms with Gasteiger partial charge in [-0.15, -0.1) is 0 Å². The summed E-state index contributed by atoms with van der Waals surface area (Å²) in [6.07, 6.45) is -5.08. The SMILES string of the molecule is CC(CN)c1cc2ccc(O)cc2o1.O=C(O)C(F)(F)F. The molecule has 1 aromatic heterocycles. The minimum Gasteiger partial charge on any atom is -0.508 e. The largest absolute Gasteiger partial charge is 0.508 e. The number of aliphatic carboxylic acids is 1. The monoisotopic (exact) mass is 305 g/mol. The number of halogens is 3. The van der Waals surface area contributed by atoms with Crippen LogP contribution in [0.4, 0.5) is 13.2 Å². The molecule has 0 spiro atoms. The standard InChI is InChI=1S/C11H13NO2.C2HF3O2/c1-7(6-12)10-4-8-2-3-9(13)5-11(8)14-10;3-2(4,5)1(6)7/h2-5,7,13H,6,12H2,1H3;(H,6,7). The van der Waals surface area contributed by atoms with E-state index < -0.39 is 12.1 Å². The normalized spacial score (nSPS) is 12.6. The number of alkyl halides is 3. The van der Waals surface area contributed by atoms with Gasteiger partial charge < -0.3 is 20.4 Å². The van der Waals surface area contributed by atoms with Crippen molar-refractivity contribution < 1.29 is 32.6 Å². The van der Waals surface area contributed by atoms with Crippen LogP contribution in [-0.2, 0) is 4.79 Å². The van der Waals surface area contributed by atoms with E-state index in [9.17, 15) is 18.3 Å². The number of carboxylic acid groups (broad SMARTS) is 1. The smallest absolute Gasteiger partial charge is 0.490 e. The van der Waals surface area contributed by atoms with E-state index in [-0.39, 0.29) is 11.7 Å². The fourth-order valence-electron chi connectivity index (χ4n) is 1.40. The van der Waals surface area contributed by atoms with Crippen molar-refractivity contribution in [2.24, 2.45) is 5.73 Å². The van der Waals surface area contributed by atoms with Gasteiger partial charge in [-0.2, -0.15) is 13.2 Å². The summed E-state index contributed by atoms with van der Waals surface area (Å²) in [5.41, 5.74) is 6.26. The van der Waals surface area contributed by atoms with Gasteiger partial charge in [0.15, 0.2) is 0 Å². The third-order valence-electron chi connectivity index (χ3n) is 2.60. The van der Waals surface area contributed by atoms with Crippen molar-refractivity contribution in [2.75, 3.05) is 6.54 Å². The number of phenols is 1. The Morgan fingerprint density at radius 3 is 2.43 bits per heavy atom. The molecule has 21 heavy (non-hydrogen) atoms. The lowest BCUT2D eigenvalue weighted by molar-refractivity contribution is -0.192. The molecule has 0 fully saturated rings. The third kappa shape index (κ3) is 4.67. The van der Waals surface area contributed by atoms with Crippen LogP contribution in [0, 0.1) is 0 Å². The summed E-state index contributed by atoms with van der Waals surface area (Å²) in [5.74, 6) is -1.45. The molecular formula is C13H14F3NO4. The summed E-state index contributed by atoms with van der Waals surface area (Å²) < 4.78 is 37.3. The molecule has 0 saturated heterocycles. The average molecular weight is 305 g/mol. The maximum atomic E-state index is 10.6. The van der Waals surface area contributed by atoms with E-state index in [4.69, 9.17) is 20.1 Å². The molecule has 0 aliphatic carbocycles. The van der Waals surface area contributed by atoms with Gasteiger partial charge in [0, 0.05) is 23.9 Å². The first kappa shape index (κ1) is 16.8. The zero-order valence-corrected chi connectivity index (χ0v) is 11.0. The molecule has 0 bridgehead atoms. The van der Waals surface area contributed by atoms with Gasteiger partial charge in [0.25, 0.3) is 0 Å². The van der Waals surface area contributed by atoms with Gasteiger partial charge in [-0.3, -0.25) is 0 Å². The molecule has 8 heteroatoms. The molecule has 1 atom stereocenters. The Morgan fingerprint density at radius 1 is 1.38 bits per heavy atom. The summed E-state index contributed by atoms with van der Waals surface area (Å²) in [4.78, 5) is 8.90. The van der Waals surface area contributed by atoms with Crippen molar-refractivity contribution in [3.05, 3.63) is 30.0 Å². The number of fused-ring (bicyclic) bond motifs is 1. The van der Waals surface area contributed by atoms with Crippen LogP contribution in [0.15, 0.2) is 28.7 Å². The van der Waals surface area contributed by atoms with Crippen LogP contribution in [-0.4, -0.2) is 28.9 Å². The molecule has 116 valence electrons. The van der Waals surface area contributed by atoms with Crippen molar-refractivity contribution >= 4 is 16.9 Å². The number of benzene rings is 1. The van der Waals surface area contributed by atoms with E-state index in [0.717, 1.165) is 11.1 Å². The second-order valence-corrected chi connectivity index (χ2v) is 4.31.